The maximum absolute atomic E-state index is 0. The summed E-state index contributed by atoms with van der Waals surface area (Å²) in [6.07, 6.45) is 0. The van der Waals surface area contributed by atoms with Gasteiger partial charge in [-0.15, -0.1) is 34.0 Å². The van der Waals surface area contributed by atoms with E-state index in [-0.39, 0.29) is 110 Å². The molecule has 0 fully saturated rings. The van der Waals surface area contributed by atoms with Crippen molar-refractivity contribution < 1.29 is 0 Å². The first-order valence-corrected chi connectivity index (χ1v) is 0. The maximum Gasteiger partial charge on any atom is 0.316 e. The van der Waals surface area contributed by atoms with Gasteiger partial charge in [-0.1, -0.05) is 29.7 Å². The van der Waals surface area contributed by atoms with Gasteiger partial charge >= 0.3 is 46.1 Å². The van der Waals surface area contributed by atoms with Gasteiger partial charge in [-0.05, 0) is 0 Å². The molecule has 0 spiro atoms. The van der Waals surface area contributed by atoms with Gasteiger partial charge in [-0.3, -0.25) is 0 Å². The zero-order valence-corrected chi connectivity index (χ0v) is 4.24. The summed E-state index contributed by atoms with van der Waals surface area (Å²) in [5.74, 6) is 0. The van der Waals surface area contributed by atoms with Crippen LogP contribution in [0.25, 0.3) is 0 Å². The molecule has 0 atom stereocenters. The summed E-state index contributed by atoms with van der Waals surface area (Å²) in [5, 5.41) is 0. The average molecular weight is 279 g/mol. The standard InChI is InChI=1S/4CH4.2BrH.2Mg.4H/h4*1H4;2*1H;;;;;;. The van der Waals surface area contributed by atoms with Crippen LogP contribution in [0, 0.1) is 0 Å². The molecule has 0 saturated carbocycles. The van der Waals surface area contributed by atoms with Gasteiger partial charge in [0.2, 0.25) is 0 Å². The van der Waals surface area contributed by atoms with Crippen molar-refractivity contribution in [3.8, 4) is 0 Å². The third-order valence-electron chi connectivity index (χ3n) is 0. The van der Waals surface area contributed by atoms with Crippen molar-refractivity contribution in [2.45, 2.75) is 29.7 Å². The van der Waals surface area contributed by atoms with E-state index in [1.54, 1.807) is 0 Å². The van der Waals surface area contributed by atoms with Gasteiger partial charge < -0.3 is 0 Å². The number of hydrogen-bond donors (Lipinski definition) is 0. The molecule has 56 valence electrons. The second-order valence-electron chi connectivity index (χ2n) is 0. The van der Waals surface area contributed by atoms with Crippen molar-refractivity contribution in [3.05, 3.63) is 0 Å². The minimum absolute atomic E-state index is 0. The summed E-state index contributed by atoms with van der Waals surface area (Å²) in [6.45, 7) is 0. The third-order valence-corrected chi connectivity index (χ3v) is 0. The first-order valence-electron chi connectivity index (χ1n) is 0. The molecule has 0 nitrogen and oxygen atoms in total. The Hall–Kier alpha value is 2.49. The molecular formula is C4H22Br2Mg2. The monoisotopic (exact) mass is 276 g/mol. The van der Waals surface area contributed by atoms with Gasteiger partial charge in [-0.25, -0.2) is 0 Å². The third kappa shape index (κ3) is 76.7. The molecule has 0 radical (unpaired) electrons. The first kappa shape index (κ1) is 152. The van der Waals surface area contributed by atoms with Gasteiger partial charge in [0.25, 0.3) is 0 Å². The highest BCUT2D eigenvalue weighted by molar-refractivity contribution is 8.93. The Morgan fingerprint density at radius 1 is 0.375 bits per heavy atom. The summed E-state index contributed by atoms with van der Waals surface area (Å²) in [5.41, 5.74) is 0. The summed E-state index contributed by atoms with van der Waals surface area (Å²) in [4.78, 5) is 0. The molecule has 0 N–H and O–H groups in total. The van der Waals surface area contributed by atoms with Gasteiger partial charge in [0, 0.05) is 0 Å². The predicted molar refractivity (Wildman–Crippen MR) is 64.7 cm³/mol. The Bertz CT molecular complexity index is 12.0. The highest BCUT2D eigenvalue weighted by atomic mass is 79.9. The average Bonchev–Trinajstić information content (AvgIpc) is 0. The Balaban J connectivity index is 0. The summed E-state index contributed by atoms with van der Waals surface area (Å²) in [6, 6.07) is 0. The van der Waals surface area contributed by atoms with Crippen molar-refractivity contribution in [2.24, 2.45) is 0 Å². The van der Waals surface area contributed by atoms with E-state index in [0.29, 0.717) is 0 Å². The zero-order valence-electron chi connectivity index (χ0n) is 0.816. The molecule has 0 aliphatic carbocycles. The normalized spacial score (nSPS) is 0. The summed E-state index contributed by atoms with van der Waals surface area (Å²) >= 11 is 0. The Morgan fingerprint density at radius 3 is 0.375 bits per heavy atom. The van der Waals surface area contributed by atoms with Crippen LogP contribution in [0.3, 0.4) is 0 Å². The van der Waals surface area contributed by atoms with Crippen LogP contribution >= 0.6 is 34.0 Å². The molecule has 0 aromatic rings. The van der Waals surface area contributed by atoms with E-state index in [9.17, 15) is 0 Å². The lowest BCUT2D eigenvalue weighted by Crippen LogP contribution is -0.382. The number of rotatable bonds is 0. The van der Waals surface area contributed by atoms with Crippen LogP contribution in [0.1, 0.15) is 29.7 Å². The Morgan fingerprint density at radius 2 is 0.375 bits per heavy atom. The van der Waals surface area contributed by atoms with Crippen LogP contribution in [-0.2, 0) is 0 Å². The molecule has 0 amide bonds. The molecule has 0 unspecified atom stereocenters. The number of hydrogen-bond acceptors (Lipinski definition) is 0. The fraction of sp³-hybridized carbons (Fsp3) is 1.00. The Labute approximate surface area is 108 Å². The second kappa shape index (κ2) is 110. The van der Waals surface area contributed by atoms with Gasteiger partial charge in [0.1, 0.15) is 0 Å². The molecule has 0 aromatic heterocycles. The molecule has 4 heteroatoms. The van der Waals surface area contributed by atoms with E-state index in [4.69, 9.17) is 0 Å². The van der Waals surface area contributed by atoms with E-state index in [2.05, 4.69) is 0 Å². The molecular weight excluding hydrogens is 256 g/mol. The van der Waals surface area contributed by atoms with E-state index in [0.717, 1.165) is 0 Å². The smallest absolute Gasteiger partial charge is 0.114 e. The topological polar surface area (TPSA) is 0 Å². The minimum Gasteiger partial charge on any atom is -0.114 e. The van der Waals surface area contributed by atoms with E-state index < -0.39 is 0 Å². The van der Waals surface area contributed by atoms with E-state index in [1.165, 1.54) is 0 Å². The molecule has 0 heterocycles. The highest BCUT2D eigenvalue weighted by Gasteiger charge is 0.317. The van der Waals surface area contributed by atoms with Crippen LogP contribution in [-0.4, -0.2) is 46.1 Å². The van der Waals surface area contributed by atoms with Crippen LogP contribution in [0.5, 0.6) is 0 Å². The molecule has 0 saturated heterocycles. The van der Waals surface area contributed by atoms with Crippen molar-refractivity contribution in [3.63, 3.8) is 0 Å². The maximum atomic E-state index is 0. The van der Waals surface area contributed by atoms with Crippen LogP contribution in [0.15, 0.2) is 0 Å². The zero-order chi connectivity index (χ0) is 0. The fourth-order valence-electron chi connectivity index (χ4n) is 0. The van der Waals surface area contributed by atoms with E-state index >= 15 is 0 Å². The van der Waals surface area contributed by atoms with Crippen molar-refractivity contribution in [1.82, 2.24) is 0 Å². The van der Waals surface area contributed by atoms with Crippen LogP contribution < -0.4 is 0 Å². The molecule has 0 aliphatic heterocycles. The minimum atomic E-state index is 0. The summed E-state index contributed by atoms with van der Waals surface area (Å²) < 4.78 is 0. The SMILES string of the molecule is Br.Br.C.C.C.C.[MgH2].[MgH2]. The van der Waals surface area contributed by atoms with Gasteiger partial charge in [0.15, 0.2) is 0 Å². The lowest BCUT2D eigenvalue weighted by molar-refractivity contribution is 2.50. The molecule has 0 aliphatic rings. The molecule has 0 bridgehead atoms. The first-order chi connectivity index (χ1) is 0. The van der Waals surface area contributed by atoms with Crippen molar-refractivity contribution in [1.29, 1.82) is 0 Å². The lowest BCUT2D eigenvalue weighted by Gasteiger charge is -0.115. The van der Waals surface area contributed by atoms with Crippen LogP contribution in [0.4, 0.5) is 0 Å². The largest absolute Gasteiger partial charge is 0.316 e. The Kier molecular flexibility index (Phi) is 2100. The number of halogens is 2. The van der Waals surface area contributed by atoms with Gasteiger partial charge in [0.05, 0.1) is 0 Å². The molecule has 0 rings (SSSR count). The summed E-state index contributed by atoms with van der Waals surface area (Å²) in [7, 11) is 0. The fourth-order valence-corrected chi connectivity index (χ4v) is 0. The quantitative estimate of drug-likeness (QED) is 0.594. The second-order valence-corrected chi connectivity index (χ2v) is 0. The molecule has 8 heavy (non-hydrogen) atoms. The molecule has 0 aromatic carbocycles. The van der Waals surface area contributed by atoms with Crippen molar-refractivity contribution in [2.75, 3.05) is 0 Å². The van der Waals surface area contributed by atoms with Crippen LogP contribution in [0.2, 0.25) is 0 Å². The predicted octanol–water partition coefficient (Wildman–Crippen LogP) is 1.87. The van der Waals surface area contributed by atoms with E-state index in [1.807, 2.05) is 0 Å². The lowest BCUT2D eigenvalue weighted by atomic mass is 12.0. The van der Waals surface area contributed by atoms with Gasteiger partial charge in [-0.2, -0.15) is 0 Å². The highest BCUT2D eigenvalue weighted by Crippen LogP contribution is 0.847. The van der Waals surface area contributed by atoms with Crippen molar-refractivity contribution >= 4 is 80.1 Å².